The predicted molar refractivity (Wildman–Crippen MR) is 132 cm³/mol. The number of halogens is 1. The lowest BCUT2D eigenvalue weighted by Crippen LogP contribution is -2.38. The predicted octanol–water partition coefficient (Wildman–Crippen LogP) is 3.92. The summed E-state index contributed by atoms with van der Waals surface area (Å²) in [6, 6.07) is 14.3. The monoisotopic (exact) mass is 508 g/mol. The van der Waals surface area contributed by atoms with Crippen LogP contribution >= 0.6 is 24.0 Å². The van der Waals surface area contributed by atoms with Gasteiger partial charge in [0.15, 0.2) is 5.96 Å². The molecule has 158 valence electrons. The van der Waals surface area contributed by atoms with Crippen LogP contribution in [0.4, 0.5) is 0 Å². The van der Waals surface area contributed by atoms with Crippen LogP contribution in [0.25, 0.3) is 0 Å². The number of aryl methyl sites for hydroxylation is 2. The molecule has 0 atom stereocenters. The molecule has 0 aromatic heterocycles. The molecule has 6 heteroatoms. The standard InChI is InChI=1S/C23H32N4O.HI/c1-6-24-23(26-16-21-11-10-17(2)14-18(21)3)25-13-12-19-8-7-9-20(15-19)22(28)27(4)5;/h7-11,14-15H,6,12-13,16H2,1-5H3,(H2,24,25,26);1H. The SMILES string of the molecule is CCNC(=NCc1ccc(C)cc1C)NCCc1cccc(C(=O)N(C)C)c1.I. The summed E-state index contributed by atoms with van der Waals surface area (Å²) in [6.45, 7) is 8.50. The Morgan fingerprint density at radius 3 is 2.48 bits per heavy atom. The second-order valence-electron chi connectivity index (χ2n) is 7.20. The van der Waals surface area contributed by atoms with Gasteiger partial charge in [0.25, 0.3) is 5.91 Å². The van der Waals surface area contributed by atoms with Gasteiger partial charge in [0.2, 0.25) is 0 Å². The van der Waals surface area contributed by atoms with Crippen LogP contribution in [-0.4, -0.2) is 44.0 Å². The molecule has 2 rings (SSSR count). The number of aliphatic imine (C=N–C) groups is 1. The molecule has 0 saturated heterocycles. The fourth-order valence-corrected chi connectivity index (χ4v) is 2.97. The summed E-state index contributed by atoms with van der Waals surface area (Å²) < 4.78 is 0. The number of amides is 1. The van der Waals surface area contributed by atoms with E-state index in [0.717, 1.165) is 36.6 Å². The van der Waals surface area contributed by atoms with Crippen molar-refractivity contribution < 1.29 is 4.79 Å². The molecule has 1 amide bonds. The zero-order valence-corrected chi connectivity index (χ0v) is 20.4. The number of carbonyl (C=O) groups is 1. The summed E-state index contributed by atoms with van der Waals surface area (Å²) in [5, 5.41) is 6.68. The van der Waals surface area contributed by atoms with Crippen LogP contribution in [0.3, 0.4) is 0 Å². The molecule has 0 aliphatic heterocycles. The van der Waals surface area contributed by atoms with Crippen LogP contribution in [0.1, 0.15) is 39.5 Å². The smallest absolute Gasteiger partial charge is 0.253 e. The van der Waals surface area contributed by atoms with Crippen LogP contribution in [0, 0.1) is 13.8 Å². The van der Waals surface area contributed by atoms with Gasteiger partial charge in [-0.3, -0.25) is 4.79 Å². The third-order valence-electron chi connectivity index (χ3n) is 4.54. The minimum absolute atomic E-state index is 0. The van der Waals surface area contributed by atoms with E-state index in [1.165, 1.54) is 16.7 Å². The number of carbonyl (C=O) groups excluding carboxylic acids is 1. The molecular formula is C23H33IN4O. The molecule has 0 radical (unpaired) electrons. The first kappa shape index (κ1) is 24.9. The van der Waals surface area contributed by atoms with Crippen molar-refractivity contribution in [1.29, 1.82) is 0 Å². The summed E-state index contributed by atoms with van der Waals surface area (Å²) in [4.78, 5) is 18.4. The van der Waals surface area contributed by atoms with Gasteiger partial charge in [0, 0.05) is 32.7 Å². The largest absolute Gasteiger partial charge is 0.357 e. The van der Waals surface area contributed by atoms with Crippen molar-refractivity contribution in [2.24, 2.45) is 4.99 Å². The van der Waals surface area contributed by atoms with Crippen LogP contribution < -0.4 is 10.6 Å². The maximum Gasteiger partial charge on any atom is 0.253 e. The minimum atomic E-state index is 0. The third-order valence-corrected chi connectivity index (χ3v) is 4.54. The highest BCUT2D eigenvalue weighted by atomic mass is 127. The van der Waals surface area contributed by atoms with Crippen molar-refractivity contribution in [2.45, 2.75) is 33.7 Å². The zero-order valence-electron chi connectivity index (χ0n) is 18.1. The van der Waals surface area contributed by atoms with Crippen LogP contribution in [-0.2, 0) is 13.0 Å². The summed E-state index contributed by atoms with van der Waals surface area (Å²) in [5.74, 6) is 0.834. The van der Waals surface area contributed by atoms with E-state index >= 15 is 0 Å². The first-order valence-electron chi connectivity index (χ1n) is 9.79. The first-order valence-corrected chi connectivity index (χ1v) is 9.79. The Morgan fingerprint density at radius 2 is 1.83 bits per heavy atom. The Bertz CT molecular complexity index is 833. The van der Waals surface area contributed by atoms with E-state index in [4.69, 9.17) is 4.99 Å². The van der Waals surface area contributed by atoms with E-state index in [2.05, 4.69) is 49.6 Å². The number of benzene rings is 2. The van der Waals surface area contributed by atoms with E-state index in [1.54, 1.807) is 19.0 Å². The molecule has 0 aliphatic rings. The lowest BCUT2D eigenvalue weighted by atomic mass is 10.1. The first-order chi connectivity index (χ1) is 13.4. The van der Waals surface area contributed by atoms with Crippen LogP contribution in [0.2, 0.25) is 0 Å². The van der Waals surface area contributed by atoms with Gasteiger partial charge < -0.3 is 15.5 Å². The Kier molecular flexibility index (Phi) is 10.7. The van der Waals surface area contributed by atoms with Gasteiger partial charge in [-0.05, 0) is 56.0 Å². The zero-order chi connectivity index (χ0) is 20.5. The molecule has 29 heavy (non-hydrogen) atoms. The second-order valence-corrected chi connectivity index (χ2v) is 7.20. The van der Waals surface area contributed by atoms with Crippen LogP contribution in [0.5, 0.6) is 0 Å². The Hall–Kier alpha value is -2.09. The molecule has 0 unspecified atom stereocenters. The maximum absolute atomic E-state index is 12.1. The lowest BCUT2D eigenvalue weighted by Gasteiger charge is -2.13. The topological polar surface area (TPSA) is 56.7 Å². The van der Waals surface area contributed by atoms with E-state index in [9.17, 15) is 4.79 Å². The molecule has 5 nitrogen and oxygen atoms in total. The summed E-state index contributed by atoms with van der Waals surface area (Å²) in [6.07, 6.45) is 0.822. The summed E-state index contributed by atoms with van der Waals surface area (Å²) >= 11 is 0. The third kappa shape index (κ3) is 8.04. The Morgan fingerprint density at radius 1 is 1.07 bits per heavy atom. The second kappa shape index (κ2) is 12.5. The van der Waals surface area contributed by atoms with Crippen molar-refractivity contribution >= 4 is 35.8 Å². The van der Waals surface area contributed by atoms with E-state index < -0.39 is 0 Å². The summed E-state index contributed by atoms with van der Waals surface area (Å²) in [5.41, 5.74) is 5.62. The maximum atomic E-state index is 12.1. The van der Waals surface area contributed by atoms with Gasteiger partial charge in [-0.2, -0.15) is 0 Å². The minimum Gasteiger partial charge on any atom is -0.357 e. The molecule has 2 aromatic rings. The highest BCUT2D eigenvalue weighted by molar-refractivity contribution is 14.0. The normalized spacial score (nSPS) is 10.9. The van der Waals surface area contributed by atoms with Gasteiger partial charge in [0.05, 0.1) is 6.54 Å². The van der Waals surface area contributed by atoms with Gasteiger partial charge >= 0.3 is 0 Å². The molecule has 2 aromatic carbocycles. The van der Waals surface area contributed by atoms with Gasteiger partial charge in [-0.25, -0.2) is 4.99 Å². The molecule has 0 bridgehead atoms. The van der Waals surface area contributed by atoms with Crippen molar-refractivity contribution in [3.8, 4) is 0 Å². The highest BCUT2D eigenvalue weighted by Crippen LogP contribution is 2.11. The number of guanidine groups is 1. The van der Waals surface area contributed by atoms with Gasteiger partial charge in [-0.1, -0.05) is 35.9 Å². The molecule has 0 aliphatic carbocycles. The number of hydrogen-bond donors (Lipinski definition) is 2. The molecule has 0 fully saturated rings. The Balaban J connectivity index is 0.00000420. The number of rotatable bonds is 7. The number of nitrogens with one attached hydrogen (secondary N) is 2. The van der Waals surface area contributed by atoms with Crippen molar-refractivity contribution in [3.63, 3.8) is 0 Å². The number of nitrogens with zero attached hydrogens (tertiary/aromatic N) is 2. The fourth-order valence-electron chi connectivity index (χ4n) is 2.97. The quantitative estimate of drug-likeness (QED) is 0.339. The van der Waals surface area contributed by atoms with E-state index in [0.29, 0.717) is 6.54 Å². The van der Waals surface area contributed by atoms with Crippen molar-refractivity contribution in [3.05, 3.63) is 70.3 Å². The molecule has 0 saturated carbocycles. The average Bonchev–Trinajstić information content (AvgIpc) is 2.66. The van der Waals surface area contributed by atoms with Gasteiger partial charge in [0.1, 0.15) is 0 Å². The molecule has 0 heterocycles. The van der Waals surface area contributed by atoms with Crippen molar-refractivity contribution in [1.82, 2.24) is 15.5 Å². The van der Waals surface area contributed by atoms with E-state index in [-0.39, 0.29) is 29.9 Å². The van der Waals surface area contributed by atoms with Crippen LogP contribution in [0.15, 0.2) is 47.5 Å². The summed E-state index contributed by atoms with van der Waals surface area (Å²) in [7, 11) is 3.54. The highest BCUT2D eigenvalue weighted by Gasteiger charge is 2.08. The Labute approximate surface area is 192 Å². The molecule has 2 N–H and O–H groups in total. The fraction of sp³-hybridized carbons (Fsp3) is 0.391. The van der Waals surface area contributed by atoms with E-state index in [1.807, 2.05) is 24.3 Å². The van der Waals surface area contributed by atoms with Gasteiger partial charge in [-0.15, -0.1) is 24.0 Å². The van der Waals surface area contributed by atoms with Crippen molar-refractivity contribution in [2.75, 3.05) is 27.2 Å². The average molecular weight is 508 g/mol. The molecule has 0 spiro atoms. The molecular weight excluding hydrogens is 475 g/mol. The number of hydrogen-bond acceptors (Lipinski definition) is 2. The lowest BCUT2D eigenvalue weighted by molar-refractivity contribution is 0.0827.